The van der Waals surface area contributed by atoms with Crippen molar-refractivity contribution >= 4 is 34.9 Å². The van der Waals surface area contributed by atoms with Gasteiger partial charge in [-0.1, -0.05) is 40.9 Å². The molecule has 1 aromatic heterocycles. The predicted molar refractivity (Wildman–Crippen MR) is 82.1 cm³/mol. The van der Waals surface area contributed by atoms with Crippen LogP contribution in [-0.4, -0.2) is 23.6 Å². The average Bonchev–Trinajstić information content (AvgIpc) is 2.92. The van der Waals surface area contributed by atoms with Crippen LogP contribution in [0.1, 0.15) is 11.1 Å². The molecular formula is C12H15N3OS3. The molecule has 0 saturated heterocycles. The van der Waals surface area contributed by atoms with Crippen molar-refractivity contribution < 1.29 is 4.74 Å². The Kier molecular flexibility index (Phi) is 5.50. The van der Waals surface area contributed by atoms with Gasteiger partial charge in [-0.05, 0) is 24.0 Å². The Hall–Kier alpha value is -0.760. The van der Waals surface area contributed by atoms with Gasteiger partial charge in [0.25, 0.3) is 0 Å². The summed E-state index contributed by atoms with van der Waals surface area (Å²) >= 11 is 4.90. The van der Waals surface area contributed by atoms with Crippen LogP contribution in [0, 0.1) is 0 Å². The topological polar surface area (TPSA) is 61.0 Å². The van der Waals surface area contributed by atoms with E-state index in [4.69, 9.17) is 10.5 Å². The first-order valence-electron chi connectivity index (χ1n) is 5.63. The third-order valence-electron chi connectivity index (χ3n) is 2.49. The van der Waals surface area contributed by atoms with Crippen LogP contribution in [0.5, 0.6) is 5.75 Å². The molecule has 1 aromatic carbocycles. The van der Waals surface area contributed by atoms with Crippen LogP contribution in [0.2, 0.25) is 0 Å². The molecule has 4 nitrogen and oxygen atoms in total. The second-order valence-electron chi connectivity index (χ2n) is 3.68. The van der Waals surface area contributed by atoms with Gasteiger partial charge in [0.15, 0.2) is 8.68 Å². The van der Waals surface area contributed by atoms with Crippen molar-refractivity contribution in [1.29, 1.82) is 0 Å². The lowest BCUT2D eigenvalue weighted by Crippen LogP contribution is -1.98. The van der Waals surface area contributed by atoms with Gasteiger partial charge >= 0.3 is 0 Å². The molecule has 0 bridgehead atoms. The molecule has 2 N–H and O–H groups in total. The maximum Gasteiger partial charge on any atom is 0.175 e. The number of hydrogen-bond donors (Lipinski definition) is 1. The van der Waals surface area contributed by atoms with E-state index in [0.29, 0.717) is 6.54 Å². The van der Waals surface area contributed by atoms with Crippen LogP contribution in [0.3, 0.4) is 0 Å². The summed E-state index contributed by atoms with van der Waals surface area (Å²) in [6.45, 7) is 0.539. The number of benzene rings is 1. The summed E-state index contributed by atoms with van der Waals surface area (Å²) in [6.07, 6.45) is 2.00. The molecule has 1 heterocycles. The largest absolute Gasteiger partial charge is 0.496 e. The molecule has 19 heavy (non-hydrogen) atoms. The lowest BCUT2D eigenvalue weighted by molar-refractivity contribution is 0.411. The lowest BCUT2D eigenvalue weighted by Gasteiger charge is -2.09. The van der Waals surface area contributed by atoms with Crippen molar-refractivity contribution in [2.24, 2.45) is 5.73 Å². The number of rotatable bonds is 6. The fraction of sp³-hybridized carbons (Fsp3) is 0.333. The Bertz CT molecular complexity index is 545. The Morgan fingerprint density at radius 3 is 2.74 bits per heavy atom. The van der Waals surface area contributed by atoms with Crippen molar-refractivity contribution in [2.75, 3.05) is 13.4 Å². The molecular weight excluding hydrogens is 298 g/mol. The fourth-order valence-electron chi connectivity index (χ4n) is 1.55. The van der Waals surface area contributed by atoms with Gasteiger partial charge in [0.05, 0.1) is 7.11 Å². The van der Waals surface area contributed by atoms with E-state index < -0.39 is 0 Å². The number of nitrogens with zero attached hydrogens (tertiary/aromatic N) is 2. The van der Waals surface area contributed by atoms with E-state index in [9.17, 15) is 0 Å². The summed E-state index contributed by atoms with van der Waals surface area (Å²) in [5.74, 6) is 1.69. The van der Waals surface area contributed by atoms with E-state index in [1.807, 2.05) is 18.4 Å². The number of nitrogens with two attached hydrogens (primary N) is 1. The maximum atomic E-state index is 5.67. The quantitative estimate of drug-likeness (QED) is 0.827. The molecule has 2 aromatic rings. The highest BCUT2D eigenvalue weighted by Crippen LogP contribution is 2.32. The minimum Gasteiger partial charge on any atom is -0.496 e. The van der Waals surface area contributed by atoms with E-state index in [0.717, 1.165) is 31.3 Å². The van der Waals surface area contributed by atoms with Gasteiger partial charge in [0.2, 0.25) is 0 Å². The Morgan fingerprint density at radius 2 is 2.11 bits per heavy atom. The first-order chi connectivity index (χ1) is 9.26. The van der Waals surface area contributed by atoms with Crippen LogP contribution >= 0.6 is 34.9 Å². The molecule has 0 unspecified atom stereocenters. The highest BCUT2D eigenvalue weighted by Gasteiger charge is 2.08. The van der Waals surface area contributed by atoms with Gasteiger partial charge in [0.1, 0.15) is 5.75 Å². The summed E-state index contributed by atoms with van der Waals surface area (Å²) in [4.78, 5) is 0. The van der Waals surface area contributed by atoms with Gasteiger partial charge in [-0.2, -0.15) is 0 Å². The molecule has 0 radical (unpaired) electrons. The van der Waals surface area contributed by atoms with Gasteiger partial charge < -0.3 is 10.5 Å². The van der Waals surface area contributed by atoms with Crippen molar-refractivity contribution in [1.82, 2.24) is 10.2 Å². The molecule has 0 aliphatic heterocycles. The highest BCUT2D eigenvalue weighted by molar-refractivity contribution is 8.02. The van der Waals surface area contributed by atoms with Crippen molar-refractivity contribution in [3.8, 4) is 5.75 Å². The third-order valence-corrected chi connectivity index (χ3v) is 5.58. The summed E-state index contributed by atoms with van der Waals surface area (Å²) in [6, 6.07) is 6.04. The predicted octanol–water partition coefficient (Wildman–Crippen LogP) is 3.02. The molecule has 102 valence electrons. The Balaban J connectivity index is 2.09. The number of aromatic nitrogens is 2. The van der Waals surface area contributed by atoms with Gasteiger partial charge in [-0.15, -0.1) is 10.2 Å². The van der Waals surface area contributed by atoms with Crippen molar-refractivity contribution in [3.63, 3.8) is 0 Å². The number of thioether (sulfide) groups is 2. The van der Waals surface area contributed by atoms with Gasteiger partial charge in [-0.3, -0.25) is 0 Å². The van der Waals surface area contributed by atoms with E-state index in [1.54, 1.807) is 42.0 Å². The summed E-state index contributed by atoms with van der Waals surface area (Å²) in [5.41, 5.74) is 7.91. The van der Waals surface area contributed by atoms with Crippen LogP contribution < -0.4 is 10.5 Å². The van der Waals surface area contributed by atoms with Crippen LogP contribution in [-0.2, 0) is 12.3 Å². The van der Waals surface area contributed by atoms with E-state index in [2.05, 4.69) is 16.3 Å². The smallest absolute Gasteiger partial charge is 0.175 e. The number of methoxy groups -OCH3 is 1. The molecule has 0 spiro atoms. The molecule has 0 atom stereocenters. The maximum absolute atomic E-state index is 5.67. The van der Waals surface area contributed by atoms with Crippen LogP contribution in [0.25, 0.3) is 0 Å². The summed E-state index contributed by atoms with van der Waals surface area (Å²) < 4.78 is 7.34. The molecule has 0 amide bonds. The monoisotopic (exact) mass is 313 g/mol. The molecule has 0 saturated carbocycles. The first-order valence-corrected chi connectivity index (χ1v) is 8.65. The Labute approximate surface area is 125 Å². The first kappa shape index (κ1) is 14.6. The molecule has 0 fully saturated rings. The fourth-order valence-corrected chi connectivity index (χ4v) is 3.97. The van der Waals surface area contributed by atoms with Crippen molar-refractivity contribution in [3.05, 3.63) is 29.3 Å². The van der Waals surface area contributed by atoms with E-state index >= 15 is 0 Å². The molecule has 7 heteroatoms. The molecule has 0 aliphatic rings. The second kappa shape index (κ2) is 7.14. The molecule has 2 rings (SSSR count). The zero-order valence-corrected chi connectivity index (χ0v) is 13.2. The number of hydrogen-bond acceptors (Lipinski definition) is 7. The zero-order chi connectivity index (χ0) is 13.7. The summed E-state index contributed by atoms with van der Waals surface area (Å²) in [7, 11) is 1.68. The van der Waals surface area contributed by atoms with E-state index in [-0.39, 0.29) is 0 Å². The zero-order valence-electron chi connectivity index (χ0n) is 10.8. The van der Waals surface area contributed by atoms with Crippen LogP contribution in [0.4, 0.5) is 0 Å². The Morgan fingerprint density at radius 1 is 1.32 bits per heavy atom. The third kappa shape index (κ3) is 3.85. The second-order valence-corrected chi connectivity index (χ2v) is 6.93. The SMILES string of the molecule is COc1ccc(CN)cc1CSc1nnc(SC)s1. The standard InChI is InChI=1S/C12H15N3OS3/c1-16-10-4-3-8(6-13)5-9(10)7-18-12-15-14-11(17-2)19-12/h3-5H,6-7,13H2,1-2H3. The molecule has 0 aliphatic carbocycles. The van der Waals surface area contributed by atoms with Gasteiger partial charge in [0, 0.05) is 17.9 Å². The highest BCUT2D eigenvalue weighted by atomic mass is 32.2. The van der Waals surface area contributed by atoms with E-state index in [1.165, 1.54) is 0 Å². The van der Waals surface area contributed by atoms with Gasteiger partial charge in [-0.25, -0.2) is 0 Å². The average molecular weight is 313 g/mol. The minimum absolute atomic E-state index is 0.539. The normalized spacial score (nSPS) is 10.7. The van der Waals surface area contributed by atoms with Crippen molar-refractivity contribution in [2.45, 2.75) is 21.0 Å². The lowest BCUT2D eigenvalue weighted by atomic mass is 10.1. The van der Waals surface area contributed by atoms with Crippen LogP contribution in [0.15, 0.2) is 26.9 Å². The number of ether oxygens (including phenoxy) is 1. The summed E-state index contributed by atoms with van der Waals surface area (Å²) in [5, 5.41) is 8.23. The minimum atomic E-state index is 0.539.